The SMILES string of the molecule is CCNC(=NCC(C)N1CCc2ccccc2C1)N1CCCC2(CNC(=O)C2)C1. The van der Waals surface area contributed by atoms with Gasteiger partial charge in [-0.1, -0.05) is 24.3 Å². The van der Waals surface area contributed by atoms with Crippen LogP contribution in [0.2, 0.25) is 0 Å². The number of guanidine groups is 1. The fourth-order valence-electron chi connectivity index (χ4n) is 5.08. The zero-order chi connectivity index (χ0) is 20.3. The van der Waals surface area contributed by atoms with Crippen molar-refractivity contribution in [2.75, 3.05) is 39.3 Å². The molecular weight excluding hydrogens is 362 g/mol. The van der Waals surface area contributed by atoms with Gasteiger partial charge in [0, 0.05) is 57.1 Å². The topological polar surface area (TPSA) is 60.0 Å². The number of carbonyl (C=O) groups is 1. The second-order valence-corrected chi connectivity index (χ2v) is 9.01. The van der Waals surface area contributed by atoms with Crippen molar-refractivity contribution in [1.82, 2.24) is 20.4 Å². The maximum atomic E-state index is 11.8. The average Bonchev–Trinajstić information content (AvgIpc) is 3.09. The summed E-state index contributed by atoms with van der Waals surface area (Å²) in [6.45, 7) is 11.0. The molecule has 4 rings (SSSR count). The van der Waals surface area contributed by atoms with E-state index in [9.17, 15) is 4.79 Å². The van der Waals surface area contributed by atoms with E-state index in [2.05, 4.69) is 58.5 Å². The molecule has 0 saturated carbocycles. The summed E-state index contributed by atoms with van der Waals surface area (Å²) in [5, 5.41) is 6.54. The van der Waals surface area contributed by atoms with Crippen molar-refractivity contribution in [3.05, 3.63) is 35.4 Å². The minimum absolute atomic E-state index is 0.0910. The molecule has 2 saturated heterocycles. The fourth-order valence-corrected chi connectivity index (χ4v) is 5.08. The molecule has 6 heteroatoms. The van der Waals surface area contributed by atoms with Crippen LogP contribution in [0.3, 0.4) is 0 Å². The quantitative estimate of drug-likeness (QED) is 0.603. The van der Waals surface area contributed by atoms with Gasteiger partial charge in [-0.3, -0.25) is 14.7 Å². The molecule has 0 bridgehead atoms. The normalized spacial score (nSPS) is 26.3. The van der Waals surface area contributed by atoms with E-state index in [1.54, 1.807) is 0 Å². The van der Waals surface area contributed by atoms with Gasteiger partial charge < -0.3 is 15.5 Å². The summed E-state index contributed by atoms with van der Waals surface area (Å²) < 4.78 is 0. The van der Waals surface area contributed by atoms with Gasteiger partial charge in [-0.05, 0) is 44.2 Å². The van der Waals surface area contributed by atoms with Crippen molar-refractivity contribution in [2.45, 2.75) is 52.1 Å². The lowest BCUT2D eigenvalue weighted by atomic mass is 9.79. The fraction of sp³-hybridized carbons (Fsp3) is 0.652. The number of piperidine rings is 1. The predicted octanol–water partition coefficient (Wildman–Crippen LogP) is 2.00. The second kappa shape index (κ2) is 8.74. The number of benzene rings is 1. The number of fused-ring (bicyclic) bond motifs is 1. The van der Waals surface area contributed by atoms with Crippen LogP contribution >= 0.6 is 0 Å². The number of nitrogens with zero attached hydrogens (tertiary/aromatic N) is 3. The molecule has 3 heterocycles. The van der Waals surface area contributed by atoms with Crippen LogP contribution in [0.15, 0.2) is 29.3 Å². The highest BCUT2D eigenvalue weighted by Crippen LogP contribution is 2.36. The summed E-state index contributed by atoms with van der Waals surface area (Å²) in [5.41, 5.74) is 3.04. The number of hydrogen-bond acceptors (Lipinski definition) is 3. The van der Waals surface area contributed by atoms with Gasteiger partial charge in [0.25, 0.3) is 0 Å². The van der Waals surface area contributed by atoms with E-state index in [-0.39, 0.29) is 11.3 Å². The Morgan fingerprint density at radius 2 is 2.14 bits per heavy atom. The summed E-state index contributed by atoms with van der Waals surface area (Å²) in [5.74, 6) is 1.21. The van der Waals surface area contributed by atoms with Crippen LogP contribution in [0.1, 0.15) is 44.2 Å². The minimum atomic E-state index is 0.0910. The van der Waals surface area contributed by atoms with Gasteiger partial charge in [0.1, 0.15) is 0 Å². The predicted molar refractivity (Wildman–Crippen MR) is 117 cm³/mol. The Morgan fingerprint density at radius 1 is 1.31 bits per heavy atom. The Balaban J connectivity index is 1.40. The highest BCUT2D eigenvalue weighted by molar-refractivity contribution is 5.81. The molecule has 2 atom stereocenters. The molecule has 1 spiro atoms. The van der Waals surface area contributed by atoms with Gasteiger partial charge in [0.05, 0.1) is 6.54 Å². The zero-order valence-electron chi connectivity index (χ0n) is 17.9. The van der Waals surface area contributed by atoms with Crippen molar-refractivity contribution in [1.29, 1.82) is 0 Å². The van der Waals surface area contributed by atoms with Crippen LogP contribution in [-0.2, 0) is 17.8 Å². The van der Waals surface area contributed by atoms with Crippen LogP contribution in [0, 0.1) is 5.41 Å². The maximum Gasteiger partial charge on any atom is 0.220 e. The van der Waals surface area contributed by atoms with Crippen molar-refractivity contribution in [3.8, 4) is 0 Å². The third kappa shape index (κ3) is 4.58. The standard InChI is InChI=1S/C23H35N5O/c1-3-24-22(28-11-6-10-23(17-28)13-21(29)26-16-23)25-14-18(2)27-12-9-19-7-4-5-8-20(19)15-27/h4-5,7-8,18H,3,6,9-17H2,1-2H3,(H,24,25)(H,26,29). The summed E-state index contributed by atoms with van der Waals surface area (Å²) in [6, 6.07) is 9.21. The van der Waals surface area contributed by atoms with Crippen molar-refractivity contribution in [3.63, 3.8) is 0 Å². The summed E-state index contributed by atoms with van der Waals surface area (Å²) in [7, 11) is 0. The van der Waals surface area contributed by atoms with Gasteiger partial charge in [0.2, 0.25) is 5.91 Å². The zero-order valence-corrected chi connectivity index (χ0v) is 17.9. The largest absolute Gasteiger partial charge is 0.357 e. The Morgan fingerprint density at radius 3 is 2.90 bits per heavy atom. The average molecular weight is 398 g/mol. The number of amides is 1. The minimum Gasteiger partial charge on any atom is -0.357 e. The summed E-state index contributed by atoms with van der Waals surface area (Å²) >= 11 is 0. The lowest BCUT2D eigenvalue weighted by Crippen LogP contribution is -2.51. The molecule has 0 aromatic heterocycles. The van der Waals surface area contributed by atoms with Crippen molar-refractivity contribution >= 4 is 11.9 Å². The number of nitrogens with one attached hydrogen (secondary N) is 2. The lowest BCUT2D eigenvalue weighted by molar-refractivity contribution is -0.119. The van der Waals surface area contributed by atoms with Crippen molar-refractivity contribution in [2.24, 2.45) is 10.4 Å². The molecule has 1 aromatic rings. The Labute approximate surface area is 174 Å². The van der Waals surface area contributed by atoms with Gasteiger partial charge in [-0.15, -0.1) is 0 Å². The molecule has 158 valence electrons. The summed E-state index contributed by atoms with van der Waals surface area (Å²) in [6.07, 6.45) is 4.04. The molecule has 0 aliphatic carbocycles. The second-order valence-electron chi connectivity index (χ2n) is 9.01. The van der Waals surface area contributed by atoms with Crippen LogP contribution in [0.5, 0.6) is 0 Å². The van der Waals surface area contributed by atoms with Crippen LogP contribution in [-0.4, -0.2) is 67.0 Å². The Kier molecular flexibility index (Phi) is 6.09. The van der Waals surface area contributed by atoms with E-state index in [1.165, 1.54) is 11.1 Å². The van der Waals surface area contributed by atoms with E-state index < -0.39 is 0 Å². The van der Waals surface area contributed by atoms with Crippen molar-refractivity contribution < 1.29 is 4.79 Å². The Hall–Kier alpha value is -2.08. The van der Waals surface area contributed by atoms with Crippen LogP contribution < -0.4 is 10.6 Å². The first kappa shape index (κ1) is 20.2. The highest BCUT2D eigenvalue weighted by Gasteiger charge is 2.42. The number of likely N-dealkylation sites (tertiary alicyclic amines) is 1. The smallest absolute Gasteiger partial charge is 0.220 e. The number of carbonyl (C=O) groups excluding carboxylic acids is 1. The third-order valence-corrected chi connectivity index (χ3v) is 6.78. The first-order valence-electron chi connectivity index (χ1n) is 11.2. The molecular formula is C23H35N5O. The van der Waals surface area contributed by atoms with Gasteiger partial charge >= 0.3 is 0 Å². The summed E-state index contributed by atoms with van der Waals surface area (Å²) in [4.78, 5) is 21.8. The maximum absolute atomic E-state index is 11.8. The molecule has 1 amide bonds. The first-order chi connectivity index (χ1) is 14.1. The number of rotatable bonds is 4. The molecule has 0 radical (unpaired) electrons. The monoisotopic (exact) mass is 397 g/mol. The number of hydrogen-bond donors (Lipinski definition) is 2. The third-order valence-electron chi connectivity index (χ3n) is 6.78. The molecule has 29 heavy (non-hydrogen) atoms. The highest BCUT2D eigenvalue weighted by atomic mass is 16.1. The first-order valence-corrected chi connectivity index (χ1v) is 11.2. The molecule has 2 N–H and O–H groups in total. The Bertz CT molecular complexity index is 763. The molecule has 3 aliphatic rings. The lowest BCUT2D eigenvalue weighted by Gasteiger charge is -2.41. The van der Waals surface area contributed by atoms with E-state index in [0.717, 1.165) is 71.0 Å². The molecule has 3 aliphatic heterocycles. The molecule has 1 aromatic carbocycles. The van der Waals surface area contributed by atoms with Crippen LogP contribution in [0.4, 0.5) is 0 Å². The van der Waals surface area contributed by atoms with E-state index in [4.69, 9.17) is 4.99 Å². The van der Waals surface area contributed by atoms with E-state index in [0.29, 0.717) is 12.5 Å². The van der Waals surface area contributed by atoms with Gasteiger partial charge in [-0.2, -0.15) is 0 Å². The molecule has 2 fully saturated rings. The van der Waals surface area contributed by atoms with E-state index >= 15 is 0 Å². The molecule has 6 nitrogen and oxygen atoms in total. The number of aliphatic imine (C=N–C) groups is 1. The van der Waals surface area contributed by atoms with Gasteiger partial charge in [0.15, 0.2) is 5.96 Å². The van der Waals surface area contributed by atoms with E-state index in [1.807, 2.05) is 0 Å². The van der Waals surface area contributed by atoms with Crippen LogP contribution in [0.25, 0.3) is 0 Å². The van der Waals surface area contributed by atoms with Gasteiger partial charge in [-0.25, -0.2) is 0 Å². The molecule has 2 unspecified atom stereocenters.